The molecule has 0 aromatic rings. The third kappa shape index (κ3) is 2.61. The topological polar surface area (TPSA) is 23.5 Å². The molecule has 0 aromatic carbocycles. The molecule has 0 saturated carbocycles. The molecule has 2 heteroatoms. The van der Waals surface area contributed by atoms with E-state index in [-0.39, 0.29) is 0 Å². The molecule has 1 aliphatic carbocycles. The average molecular weight is 209 g/mol. The maximum absolute atomic E-state index is 10.7. The lowest BCUT2D eigenvalue weighted by Crippen LogP contribution is -2.47. The molecule has 0 spiro atoms. The van der Waals surface area contributed by atoms with E-state index in [0.29, 0.717) is 0 Å². The zero-order valence-corrected chi connectivity index (χ0v) is 9.84. The van der Waals surface area contributed by atoms with Gasteiger partial charge in [0.25, 0.3) is 0 Å². The molecule has 1 fully saturated rings. The van der Waals surface area contributed by atoms with Gasteiger partial charge in [-0.1, -0.05) is 12.5 Å². The molecule has 1 N–H and O–H groups in total. The molecular formula is C13H23NO. The Bertz CT molecular complexity index is 249. The van der Waals surface area contributed by atoms with Gasteiger partial charge in [0.2, 0.25) is 0 Å². The first-order valence-corrected chi connectivity index (χ1v) is 6.31. The Morgan fingerprint density at radius 1 is 1.27 bits per heavy atom. The summed E-state index contributed by atoms with van der Waals surface area (Å²) in [4.78, 5) is 2.26. The van der Waals surface area contributed by atoms with Gasteiger partial charge in [0.05, 0.1) is 5.60 Å². The van der Waals surface area contributed by atoms with Crippen molar-refractivity contribution in [2.75, 3.05) is 20.1 Å². The fourth-order valence-corrected chi connectivity index (χ4v) is 2.95. The van der Waals surface area contributed by atoms with Crippen molar-refractivity contribution in [1.29, 1.82) is 0 Å². The number of likely N-dealkylation sites (tertiary alicyclic amines) is 1. The number of nitrogens with zero attached hydrogens (tertiary/aromatic N) is 1. The zero-order chi connectivity index (χ0) is 10.7. The lowest BCUT2D eigenvalue weighted by atomic mass is 9.83. The number of piperidine rings is 1. The Kier molecular flexibility index (Phi) is 3.47. The van der Waals surface area contributed by atoms with Crippen LogP contribution in [0.1, 0.15) is 44.9 Å². The van der Waals surface area contributed by atoms with Crippen molar-refractivity contribution in [2.24, 2.45) is 0 Å². The van der Waals surface area contributed by atoms with E-state index < -0.39 is 5.60 Å². The highest BCUT2D eigenvalue weighted by Gasteiger charge is 2.35. The molecule has 0 radical (unpaired) electrons. The van der Waals surface area contributed by atoms with Gasteiger partial charge in [0, 0.05) is 6.54 Å². The van der Waals surface area contributed by atoms with E-state index in [1.54, 1.807) is 0 Å². The molecule has 1 saturated heterocycles. The van der Waals surface area contributed by atoms with E-state index in [2.05, 4.69) is 18.0 Å². The van der Waals surface area contributed by atoms with Crippen LogP contribution < -0.4 is 0 Å². The molecule has 1 atom stereocenters. The van der Waals surface area contributed by atoms with E-state index >= 15 is 0 Å². The molecular weight excluding hydrogens is 186 g/mol. The third-order valence-corrected chi connectivity index (χ3v) is 3.80. The molecule has 2 nitrogen and oxygen atoms in total. The first kappa shape index (κ1) is 11.2. The van der Waals surface area contributed by atoms with Gasteiger partial charge in [0.15, 0.2) is 0 Å². The van der Waals surface area contributed by atoms with E-state index in [4.69, 9.17) is 0 Å². The number of hydrogen-bond acceptors (Lipinski definition) is 2. The van der Waals surface area contributed by atoms with Crippen LogP contribution in [0, 0.1) is 0 Å². The van der Waals surface area contributed by atoms with Crippen LogP contribution in [-0.4, -0.2) is 35.7 Å². The lowest BCUT2D eigenvalue weighted by molar-refractivity contribution is 0.00533. The quantitative estimate of drug-likeness (QED) is 0.670. The van der Waals surface area contributed by atoms with Crippen LogP contribution in [0.15, 0.2) is 11.6 Å². The first-order chi connectivity index (χ1) is 7.21. The normalized spacial score (nSPS) is 34.7. The molecule has 0 bridgehead atoms. The summed E-state index contributed by atoms with van der Waals surface area (Å²) in [5.74, 6) is 0. The Morgan fingerprint density at radius 2 is 2.13 bits per heavy atom. The van der Waals surface area contributed by atoms with Crippen molar-refractivity contribution in [1.82, 2.24) is 4.90 Å². The van der Waals surface area contributed by atoms with Gasteiger partial charge < -0.3 is 10.0 Å². The summed E-state index contributed by atoms with van der Waals surface area (Å²) in [7, 11) is 2.11. The minimum atomic E-state index is -0.503. The van der Waals surface area contributed by atoms with Crippen LogP contribution in [0.4, 0.5) is 0 Å². The average Bonchev–Trinajstić information content (AvgIpc) is 2.45. The summed E-state index contributed by atoms with van der Waals surface area (Å²) in [5.41, 5.74) is 0.823. The SMILES string of the molecule is CN1CCCC(O)(C2=CCCCCC2)C1. The number of β-amino-alcohol motifs (C(OH)–C–C–N with tert-alkyl or cyclic N) is 1. The molecule has 2 rings (SSSR count). The van der Waals surface area contributed by atoms with E-state index in [1.165, 1.54) is 31.3 Å². The monoisotopic (exact) mass is 209 g/mol. The van der Waals surface area contributed by atoms with Crippen LogP contribution in [0.2, 0.25) is 0 Å². The van der Waals surface area contributed by atoms with Crippen molar-refractivity contribution in [2.45, 2.75) is 50.5 Å². The second-order valence-electron chi connectivity index (χ2n) is 5.20. The van der Waals surface area contributed by atoms with Gasteiger partial charge in [-0.25, -0.2) is 0 Å². The number of allylic oxidation sites excluding steroid dienone is 1. The van der Waals surface area contributed by atoms with Crippen molar-refractivity contribution < 1.29 is 5.11 Å². The Morgan fingerprint density at radius 3 is 2.93 bits per heavy atom. The minimum absolute atomic E-state index is 0.503. The summed E-state index contributed by atoms with van der Waals surface area (Å²) in [6.07, 6.45) is 10.6. The third-order valence-electron chi connectivity index (χ3n) is 3.80. The van der Waals surface area contributed by atoms with E-state index in [1.807, 2.05) is 0 Å². The van der Waals surface area contributed by atoms with Crippen LogP contribution >= 0.6 is 0 Å². The molecule has 1 heterocycles. The number of aliphatic hydroxyl groups is 1. The van der Waals surface area contributed by atoms with Crippen molar-refractivity contribution in [3.63, 3.8) is 0 Å². The van der Waals surface area contributed by atoms with Crippen LogP contribution in [0.5, 0.6) is 0 Å². The summed E-state index contributed by atoms with van der Waals surface area (Å²) in [5, 5.41) is 10.7. The molecule has 2 aliphatic rings. The minimum Gasteiger partial charge on any atom is -0.384 e. The number of rotatable bonds is 1. The maximum atomic E-state index is 10.7. The Hall–Kier alpha value is -0.340. The molecule has 86 valence electrons. The maximum Gasteiger partial charge on any atom is 0.0983 e. The van der Waals surface area contributed by atoms with Gasteiger partial charge >= 0.3 is 0 Å². The summed E-state index contributed by atoms with van der Waals surface area (Å²) in [6, 6.07) is 0. The highest BCUT2D eigenvalue weighted by atomic mass is 16.3. The predicted octanol–water partition coefficient (Wildman–Crippen LogP) is 2.33. The smallest absolute Gasteiger partial charge is 0.0983 e. The number of hydrogen-bond donors (Lipinski definition) is 1. The fourth-order valence-electron chi connectivity index (χ4n) is 2.95. The van der Waals surface area contributed by atoms with E-state index in [9.17, 15) is 5.11 Å². The van der Waals surface area contributed by atoms with Crippen LogP contribution in [0.25, 0.3) is 0 Å². The first-order valence-electron chi connectivity index (χ1n) is 6.31. The number of likely N-dealkylation sites (N-methyl/N-ethyl adjacent to an activating group) is 1. The van der Waals surface area contributed by atoms with Gasteiger partial charge in [-0.3, -0.25) is 0 Å². The van der Waals surface area contributed by atoms with Gasteiger partial charge in [-0.05, 0) is 57.7 Å². The molecule has 1 unspecified atom stereocenters. The van der Waals surface area contributed by atoms with Crippen LogP contribution in [-0.2, 0) is 0 Å². The molecule has 0 aromatic heterocycles. The summed E-state index contributed by atoms with van der Waals surface area (Å²) in [6.45, 7) is 1.97. The predicted molar refractivity (Wildman–Crippen MR) is 62.8 cm³/mol. The zero-order valence-electron chi connectivity index (χ0n) is 9.84. The van der Waals surface area contributed by atoms with Crippen molar-refractivity contribution in [3.8, 4) is 0 Å². The summed E-state index contributed by atoms with van der Waals surface area (Å²) >= 11 is 0. The fraction of sp³-hybridized carbons (Fsp3) is 0.846. The van der Waals surface area contributed by atoms with E-state index in [0.717, 1.165) is 32.4 Å². The van der Waals surface area contributed by atoms with Crippen molar-refractivity contribution in [3.05, 3.63) is 11.6 Å². The second kappa shape index (κ2) is 4.67. The van der Waals surface area contributed by atoms with Crippen molar-refractivity contribution >= 4 is 0 Å². The highest BCUT2D eigenvalue weighted by molar-refractivity contribution is 5.19. The molecule has 0 amide bonds. The standard InChI is InChI=1S/C13H23NO/c1-14-10-6-9-13(15,11-14)12-7-4-2-3-5-8-12/h7,15H,2-6,8-11H2,1H3. The molecule has 15 heavy (non-hydrogen) atoms. The highest BCUT2D eigenvalue weighted by Crippen LogP contribution is 2.33. The second-order valence-corrected chi connectivity index (χ2v) is 5.20. The Labute approximate surface area is 93.0 Å². The van der Waals surface area contributed by atoms with Gasteiger partial charge in [-0.2, -0.15) is 0 Å². The largest absolute Gasteiger partial charge is 0.384 e. The van der Waals surface area contributed by atoms with Gasteiger partial charge in [-0.15, -0.1) is 0 Å². The molecule has 1 aliphatic heterocycles. The van der Waals surface area contributed by atoms with Gasteiger partial charge in [0.1, 0.15) is 0 Å². The van der Waals surface area contributed by atoms with Crippen LogP contribution in [0.3, 0.4) is 0 Å². The lowest BCUT2D eigenvalue weighted by Gasteiger charge is -2.39. The Balaban J connectivity index is 2.08. The summed E-state index contributed by atoms with van der Waals surface area (Å²) < 4.78 is 0.